The minimum absolute atomic E-state index is 0.0225. The van der Waals surface area contributed by atoms with Gasteiger partial charge in [0, 0.05) is 0 Å². The van der Waals surface area contributed by atoms with Gasteiger partial charge in [-0.3, -0.25) is 9.59 Å². The lowest BCUT2D eigenvalue weighted by Crippen LogP contribution is -2.51. The summed E-state index contributed by atoms with van der Waals surface area (Å²) in [5, 5.41) is 3.02. The third-order valence-electron chi connectivity index (χ3n) is 5.61. The number of amides is 1. The zero-order valence-electron chi connectivity index (χ0n) is 17.1. The topological polar surface area (TPSA) is 55.4 Å². The lowest BCUT2D eigenvalue weighted by Gasteiger charge is -2.31. The number of hydrogen-bond donors (Lipinski definition) is 1. The fraction of sp³-hybridized carbons (Fsp3) is 0.417. The van der Waals surface area contributed by atoms with Crippen LogP contribution in [0.1, 0.15) is 45.6 Å². The molecular formula is C24H29NO3. The first kappa shape index (κ1) is 20.3. The van der Waals surface area contributed by atoms with E-state index in [0.717, 1.165) is 23.1 Å². The van der Waals surface area contributed by atoms with Crippen molar-refractivity contribution >= 4 is 11.7 Å². The van der Waals surface area contributed by atoms with Crippen molar-refractivity contribution in [2.24, 2.45) is 11.8 Å². The summed E-state index contributed by atoms with van der Waals surface area (Å²) in [5.74, 6) is -0.372. The zero-order valence-corrected chi connectivity index (χ0v) is 17.1. The molecule has 4 heteroatoms. The van der Waals surface area contributed by atoms with Crippen LogP contribution in [0.25, 0.3) is 11.1 Å². The van der Waals surface area contributed by atoms with E-state index in [9.17, 15) is 9.59 Å². The first-order valence-electron chi connectivity index (χ1n) is 9.94. The van der Waals surface area contributed by atoms with Crippen LogP contribution in [0, 0.1) is 11.8 Å². The van der Waals surface area contributed by atoms with Crippen LogP contribution >= 0.6 is 0 Å². The highest BCUT2D eigenvalue weighted by Crippen LogP contribution is 2.31. The smallest absolute Gasteiger partial charge is 0.229 e. The van der Waals surface area contributed by atoms with Crippen molar-refractivity contribution in [2.75, 3.05) is 6.61 Å². The average molecular weight is 380 g/mol. The maximum Gasteiger partial charge on any atom is 0.229 e. The Morgan fingerprint density at radius 3 is 2.43 bits per heavy atom. The molecule has 1 amide bonds. The summed E-state index contributed by atoms with van der Waals surface area (Å²) in [6, 6.07) is 18.3. The molecule has 1 heterocycles. The molecule has 3 rings (SSSR count). The van der Waals surface area contributed by atoms with Gasteiger partial charge in [-0.25, -0.2) is 0 Å². The molecule has 0 radical (unpaired) electrons. The summed E-state index contributed by atoms with van der Waals surface area (Å²) < 4.78 is 5.64. The molecule has 1 aliphatic heterocycles. The van der Waals surface area contributed by atoms with Crippen molar-refractivity contribution in [1.82, 2.24) is 5.32 Å². The quantitative estimate of drug-likeness (QED) is 0.801. The highest BCUT2D eigenvalue weighted by Gasteiger charge is 2.45. The molecule has 0 spiro atoms. The molecule has 0 aromatic heterocycles. The number of benzene rings is 2. The van der Waals surface area contributed by atoms with Gasteiger partial charge in [-0.15, -0.1) is 0 Å². The molecule has 3 unspecified atom stereocenters. The molecule has 1 aliphatic rings. The maximum atomic E-state index is 13.2. The SMILES string of the molecule is CC(C)CC(C(=O)NC1(C)OCC(=O)C1C)c1cccc(-c2ccccc2)c1. The van der Waals surface area contributed by atoms with E-state index in [1.807, 2.05) is 37.3 Å². The number of ether oxygens (including phenoxy) is 1. The van der Waals surface area contributed by atoms with E-state index in [1.165, 1.54) is 0 Å². The van der Waals surface area contributed by atoms with E-state index >= 15 is 0 Å². The molecule has 3 atom stereocenters. The Labute approximate surface area is 167 Å². The number of carbonyl (C=O) groups excluding carboxylic acids is 2. The van der Waals surface area contributed by atoms with Gasteiger partial charge in [0.2, 0.25) is 5.91 Å². The van der Waals surface area contributed by atoms with E-state index in [-0.39, 0.29) is 30.1 Å². The molecule has 4 nitrogen and oxygen atoms in total. The van der Waals surface area contributed by atoms with Gasteiger partial charge in [0.1, 0.15) is 12.3 Å². The Kier molecular flexibility index (Phi) is 5.99. The number of ketones is 1. The fourth-order valence-electron chi connectivity index (χ4n) is 3.69. The number of nitrogens with one attached hydrogen (secondary N) is 1. The van der Waals surface area contributed by atoms with Gasteiger partial charge in [0.25, 0.3) is 0 Å². The van der Waals surface area contributed by atoms with Crippen molar-refractivity contribution in [2.45, 2.75) is 45.8 Å². The second kappa shape index (κ2) is 8.27. The molecule has 0 saturated carbocycles. The van der Waals surface area contributed by atoms with Gasteiger partial charge in [0.15, 0.2) is 5.78 Å². The Hall–Kier alpha value is -2.46. The Bertz CT molecular complexity index is 846. The van der Waals surface area contributed by atoms with Gasteiger partial charge in [-0.1, -0.05) is 75.4 Å². The molecule has 1 fully saturated rings. The van der Waals surface area contributed by atoms with E-state index in [1.54, 1.807) is 6.92 Å². The summed E-state index contributed by atoms with van der Waals surface area (Å²) in [5.41, 5.74) is 2.25. The fourth-order valence-corrected chi connectivity index (χ4v) is 3.69. The first-order chi connectivity index (χ1) is 13.3. The standard InChI is InChI=1S/C24H29NO3/c1-16(2)13-21(23(27)25-24(4)17(3)22(26)15-28-24)20-12-8-11-19(14-20)18-9-6-5-7-10-18/h5-12,14,16-17,21H,13,15H2,1-4H3,(H,25,27). The number of rotatable bonds is 6. The second-order valence-corrected chi connectivity index (χ2v) is 8.25. The molecule has 2 aromatic carbocycles. The van der Waals surface area contributed by atoms with Crippen LogP contribution in [0.5, 0.6) is 0 Å². The molecular weight excluding hydrogens is 350 g/mol. The average Bonchev–Trinajstić information content (AvgIpc) is 2.94. The zero-order chi connectivity index (χ0) is 20.3. The van der Waals surface area contributed by atoms with Crippen molar-refractivity contribution in [3.63, 3.8) is 0 Å². The summed E-state index contributed by atoms with van der Waals surface area (Å²) in [6.07, 6.45) is 0.725. The molecule has 0 aliphatic carbocycles. The number of hydrogen-bond acceptors (Lipinski definition) is 3. The molecule has 1 N–H and O–H groups in total. The van der Waals surface area contributed by atoms with E-state index in [2.05, 4.69) is 43.4 Å². The molecule has 28 heavy (non-hydrogen) atoms. The highest BCUT2D eigenvalue weighted by atomic mass is 16.5. The van der Waals surface area contributed by atoms with Crippen molar-refractivity contribution < 1.29 is 14.3 Å². The van der Waals surface area contributed by atoms with Gasteiger partial charge < -0.3 is 10.1 Å². The summed E-state index contributed by atoms with van der Waals surface area (Å²) in [4.78, 5) is 25.2. The molecule has 148 valence electrons. The van der Waals surface area contributed by atoms with Crippen molar-refractivity contribution in [3.05, 3.63) is 60.2 Å². The Morgan fingerprint density at radius 1 is 1.14 bits per heavy atom. The molecule has 1 saturated heterocycles. The van der Waals surface area contributed by atoms with Gasteiger partial charge in [0.05, 0.1) is 11.8 Å². The third-order valence-corrected chi connectivity index (χ3v) is 5.61. The lowest BCUT2D eigenvalue weighted by atomic mass is 9.87. The van der Waals surface area contributed by atoms with Crippen LogP contribution in [0.4, 0.5) is 0 Å². The molecule has 2 aromatic rings. The predicted octanol–water partition coefficient (Wildman–Crippen LogP) is 4.55. The summed E-state index contributed by atoms with van der Waals surface area (Å²) in [7, 11) is 0. The van der Waals surface area contributed by atoms with Crippen molar-refractivity contribution in [3.8, 4) is 11.1 Å². The maximum absolute atomic E-state index is 13.2. The largest absolute Gasteiger partial charge is 0.348 e. The number of Topliss-reactive ketones (excluding diaryl/α,β-unsaturated/α-hetero) is 1. The van der Waals surface area contributed by atoms with Crippen LogP contribution in [0.3, 0.4) is 0 Å². The van der Waals surface area contributed by atoms with Gasteiger partial charge >= 0.3 is 0 Å². The van der Waals surface area contributed by atoms with Crippen LogP contribution in [0.15, 0.2) is 54.6 Å². The van der Waals surface area contributed by atoms with Crippen LogP contribution in [0.2, 0.25) is 0 Å². The third kappa shape index (κ3) is 4.33. The van der Waals surface area contributed by atoms with E-state index < -0.39 is 5.72 Å². The predicted molar refractivity (Wildman–Crippen MR) is 111 cm³/mol. The minimum Gasteiger partial charge on any atom is -0.348 e. The highest BCUT2D eigenvalue weighted by molar-refractivity contribution is 5.88. The van der Waals surface area contributed by atoms with Crippen LogP contribution in [-0.2, 0) is 14.3 Å². The van der Waals surface area contributed by atoms with Gasteiger partial charge in [-0.05, 0) is 36.0 Å². The second-order valence-electron chi connectivity index (χ2n) is 8.25. The summed E-state index contributed by atoms with van der Waals surface area (Å²) in [6.45, 7) is 7.87. The van der Waals surface area contributed by atoms with E-state index in [4.69, 9.17) is 4.74 Å². The van der Waals surface area contributed by atoms with Crippen LogP contribution < -0.4 is 5.32 Å². The first-order valence-corrected chi connectivity index (χ1v) is 9.94. The molecule has 0 bridgehead atoms. The Morgan fingerprint density at radius 2 is 1.82 bits per heavy atom. The Balaban J connectivity index is 1.88. The lowest BCUT2D eigenvalue weighted by molar-refractivity contribution is -0.132. The minimum atomic E-state index is -0.944. The van der Waals surface area contributed by atoms with Crippen molar-refractivity contribution in [1.29, 1.82) is 0 Å². The van der Waals surface area contributed by atoms with Crippen LogP contribution in [-0.4, -0.2) is 24.0 Å². The summed E-state index contributed by atoms with van der Waals surface area (Å²) >= 11 is 0. The number of carbonyl (C=O) groups is 2. The normalized spacial score (nSPS) is 23.0. The monoisotopic (exact) mass is 379 g/mol. The van der Waals surface area contributed by atoms with E-state index in [0.29, 0.717) is 5.92 Å². The van der Waals surface area contributed by atoms with Gasteiger partial charge in [-0.2, -0.15) is 0 Å².